The molecule has 0 aromatic carbocycles. The van der Waals surface area contributed by atoms with Crippen LogP contribution >= 0.6 is 11.3 Å². The van der Waals surface area contributed by atoms with Crippen LogP contribution in [0.5, 0.6) is 5.75 Å². The predicted molar refractivity (Wildman–Crippen MR) is 67.2 cm³/mol. The molecule has 0 aliphatic heterocycles. The van der Waals surface area contributed by atoms with Gasteiger partial charge in [0.15, 0.2) is 11.6 Å². The average Bonchev–Trinajstić information content (AvgIpc) is 2.81. The van der Waals surface area contributed by atoms with Crippen LogP contribution in [-0.4, -0.2) is 29.1 Å². The molecule has 0 atom stereocenters. The topological polar surface area (TPSA) is 77.2 Å². The maximum Gasteiger partial charge on any atom is 0.204 e. The van der Waals surface area contributed by atoms with Crippen molar-refractivity contribution < 1.29 is 4.74 Å². The van der Waals surface area contributed by atoms with E-state index in [1.165, 1.54) is 6.33 Å². The minimum atomic E-state index is 0.336. The van der Waals surface area contributed by atoms with Gasteiger partial charge in [0.1, 0.15) is 6.33 Å². The molecule has 7 heteroatoms. The van der Waals surface area contributed by atoms with E-state index in [1.54, 1.807) is 24.0 Å². The van der Waals surface area contributed by atoms with Crippen molar-refractivity contribution in [2.45, 2.75) is 6.54 Å². The average molecular weight is 251 g/mol. The molecule has 2 N–H and O–H groups in total. The number of thiazole rings is 1. The van der Waals surface area contributed by atoms with Crippen molar-refractivity contribution in [3.8, 4) is 5.75 Å². The van der Waals surface area contributed by atoms with E-state index in [9.17, 15) is 0 Å². The van der Waals surface area contributed by atoms with E-state index in [2.05, 4.69) is 15.0 Å². The molecule has 90 valence electrons. The molecule has 0 aliphatic carbocycles. The van der Waals surface area contributed by atoms with Crippen molar-refractivity contribution in [2.75, 3.05) is 24.8 Å². The lowest BCUT2D eigenvalue weighted by molar-refractivity contribution is 0.413. The number of ether oxygens (including phenoxy) is 1. The summed E-state index contributed by atoms with van der Waals surface area (Å²) in [6.45, 7) is 0.649. The number of aromatic nitrogens is 3. The molecule has 17 heavy (non-hydrogen) atoms. The molecule has 2 aromatic rings. The van der Waals surface area contributed by atoms with Gasteiger partial charge in [-0.1, -0.05) is 0 Å². The Balaban J connectivity index is 2.24. The van der Waals surface area contributed by atoms with Crippen LogP contribution in [0.4, 0.5) is 11.6 Å². The zero-order valence-electron chi connectivity index (χ0n) is 9.62. The SMILES string of the molecule is COc1c(N)ncnc1N(C)Cc1cscn1. The van der Waals surface area contributed by atoms with Crippen molar-refractivity contribution in [3.63, 3.8) is 0 Å². The Morgan fingerprint density at radius 1 is 1.41 bits per heavy atom. The van der Waals surface area contributed by atoms with Crippen molar-refractivity contribution in [3.05, 3.63) is 22.9 Å². The van der Waals surface area contributed by atoms with Gasteiger partial charge in [-0.2, -0.15) is 0 Å². The van der Waals surface area contributed by atoms with Gasteiger partial charge in [0.2, 0.25) is 5.75 Å². The second-order valence-electron chi connectivity index (χ2n) is 3.45. The first-order chi connectivity index (χ1) is 8.22. The molecular formula is C10H13N5OS. The van der Waals surface area contributed by atoms with E-state index >= 15 is 0 Å². The van der Waals surface area contributed by atoms with Gasteiger partial charge in [-0.05, 0) is 0 Å². The lowest BCUT2D eigenvalue weighted by Crippen LogP contribution is -2.19. The predicted octanol–water partition coefficient (Wildman–Crippen LogP) is 1.16. The molecule has 2 aromatic heterocycles. The molecule has 0 spiro atoms. The Labute approximate surface area is 103 Å². The van der Waals surface area contributed by atoms with Gasteiger partial charge in [0.25, 0.3) is 0 Å². The Morgan fingerprint density at radius 2 is 2.24 bits per heavy atom. The quantitative estimate of drug-likeness (QED) is 0.878. The van der Waals surface area contributed by atoms with Crippen LogP contribution in [0, 0.1) is 0 Å². The fourth-order valence-corrected chi connectivity index (χ4v) is 2.03. The molecule has 2 rings (SSSR count). The number of nitrogens with two attached hydrogens (primary N) is 1. The van der Waals surface area contributed by atoms with Gasteiger partial charge in [-0.3, -0.25) is 0 Å². The van der Waals surface area contributed by atoms with E-state index in [1.807, 2.05) is 17.3 Å². The minimum Gasteiger partial charge on any atom is -0.490 e. The van der Waals surface area contributed by atoms with Gasteiger partial charge in [0, 0.05) is 12.4 Å². The fraction of sp³-hybridized carbons (Fsp3) is 0.300. The highest BCUT2D eigenvalue weighted by molar-refractivity contribution is 7.07. The molecule has 2 heterocycles. The van der Waals surface area contributed by atoms with Crippen molar-refractivity contribution in [2.24, 2.45) is 0 Å². The van der Waals surface area contributed by atoms with E-state index < -0.39 is 0 Å². The number of nitrogens with zero attached hydrogens (tertiary/aromatic N) is 4. The first kappa shape index (κ1) is 11.6. The van der Waals surface area contributed by atoms with Crippen molar-refractivity contribution >= 4 is 23.0 Å². The van der Waals surface area contributed by atoms with E-state index in [0.29, 0.717) is 23.9 Å². The summed E-state index contributed by atoms with van der Waals surface area (Å²) in [5, 5.41) is 1.99. The molecule has 0 bridgehead atoms. The summed E-state index contributed by atoms with van der Waals surface area (Å²) >= 11 is 1.56. The molecule has 6 nitrogen and oxygen atoms in total. The number of nitrogen functional groups attached to an aromatic ring is 1. The zero-order valence-corrected chi connectivity index (χ0v) is 10.4. The number of anilines is 2. The molecule has 0 saturated carbocycles. The fourth-order valence-electron chi connectivity index (χ4n) is 1.48. The lowest BCUT2D eigenvalue weighted by atomic mass is 10.4. The van der Waals surface area contributed by atoms with Crippen LogP contribution in [0.1, 0.15) is 5.69 Å². The maximum atomic E-state index is 5.73. The summed E-state index contributed by atoms with van der Waals surface area (Å²) in [5.74, 6) is 1.49. The first-order valence-electron chi connectivity index (χ1n) is 4.95. The zero-order chi connectivity index (χ0) is 12.3. The third-order valence-electron chi connectivity index (χ3n) is 2.26. The van der Waals surface area contributed by atoms with Gasteiger partial charge >= 0.3 is 0 Å². The summed E-state index contributed by atoms with van der Waals surface area (Å²) in [6, 6.07) is 0. The normalized spacial score (nSPS) is 10.2. The number of hydrogen-bond donors (Lipinski definition) is 1. The van der Waals surface area contributed by atoms with Gasteiger partial charge in [-0.25, -0.2) is 15.0 Å². The molecule has 0 radical (unpaired) electrons. The summed E-state index contributed by atoms with van der Waals surface area (Å²) in [5.41, 5.74) is 8.51. The van der Waals surface area contributed by atoms with Gasteiger partial charge < -0.3 is 15.4 Å². The number of rotatable bonds is 4. The Morgan fingerprint density at radius 3 is 2.88 bits per heavy atom. The minimum absolute atomic E-state index is 0.336. The highest BCUT2D eigenvalue weighted by Gasteiger charge is 2.14. The molecule has 0 aliphatic rings. The smallest absolute Gasteiger partial charge is 0.204 e. The number of methoxy groups -OCH3 is 1. The van der Waals surface area contributed by atoms with Crippen molar-refractivity contribution in [1.82, 2.24) is 15.0 Å². The monoisotopic (exact) mass is 251 g/mol. The van der Waals surface area contributed by atoms with Crippen LogP contribution in [0.15, 0.2) is 17.2 Å². The molecule has 0 unspecified atom stereocenters. The number of hydrogen-bond acceptors (Lipinski definition) is 7. The first-order valence-corrected chi connectivity index (χ1v) is 5.89. The highest BCUT2D eigenvalue weighted by Crippen LogP contribution is 2.29. The molecular weight excluding hydrogens is 238 g/mol. The summed E-state index contributed by atoms with van der Waals surface area (Å²) in [6.07, 6.45) is 1.42. The third-order valence-corrected chi connectivity index (χ3v) is 2.90. The highest BCUT2D eigenvalue weighted by atomic mass is 32.1. The van der Waals surface area contributed by atoms with Crippen LogP contribution in [0.2, 0.25) is 0 Å². The summed E-state index contributed by atoms with van der Waals surface area (Å²) in [7, 11) is 3.46. The second-order valence-corrected chi connectivity index (χ2v) is 4.17. The van der Waals surface area contributed by atoms with Crippen LogP contribution in [0.3, 0.4) is 0 Å². The molecule has 0 saturated heterocycles. The van der Waals surface area contributed by atoms with E-state index in [4.69, 9.17) is 10.5 Å². The lowest BCUT2D eigenvalue weighted by Gasteiger charge is -2.19. The van der Waals surface area contributed by atoms with E-state index in [0.717, 1.165) is 5.69 Å². The maximum absolute atomic E-state index is 5.73. The molecule has 0 fully saturated rings. The van der Waals surface area contributed by atoms with Crippen LogP contribution in [-0.2, 0) is 6.54 Å². The van der Waals surface area contributed by atoms with Crippen LogP contribution < -0.4 is 15.4 Å². The largest absolute Gasteiger partial charge is 0.490 e. The summed E-state index contributed by atoms with van der Waals surface area (Å²) < 4.78 is 5.21. The van der Waals surface area contributed by atoms with Gasteiger partial charge in [0.05, 0.1) is 24.9 Å². The Kier molecular flexibility index (Phi) is 3.38. The standard InChI is InChI=1S/C10H13N5OS/c1-15(3-7-4-17-6-14-7)10-8(16-2)9(11)12-5-13-10/h4-6H,3H2,1-2H3,(H2,11,12,13). The van der Waals surface area contributed by atoms with Crippen LogP contribution in [0.25, 0.3) is 0 Å². The second kappa shape index (κ2) is 4.96. The van der Waals surface area contributed by atoms with Crippen molar-refractivity contribution in [1.29, 1.82) is 0 Å². The van der Waals surface area contributed by atoms with Gasteiger partial charge in [-0.15, -0.1) is 11.3 Å². The Hall–Kier alpha value is -1.89. The van der Waals surface area contributed by atoms with E-state index in [-0.39, 0.29) is 0 Å². The summed E-state index contributed by atoms with van der Waals surface area (Å²) in [4.78, 5) is 14.2. The third kappa shape index (κ3) is 2.44. The molecule has 0 amide bonds. The Bertz CT molecular complexity index is 487.